The molecule has 1 aromatic heterocycles. The van der Waals surface area contributed by atoms with Crippen LogP contribution in [0, 0.1) is 0 Å². The summed E-state index contributed by atoms with van der Waals surface area (Å²) >= 11 is 0. The molecule has 0 saturated carbocycles. The van der Waals surface area contributed by atoms with Crippen molar-refractivity contribution in [2.45, 2.75) is 74.6 Å². The highest BCUT2D eigenvalue weighted by Gasteiger charge is 2.36. The van der Waals surface area contributed by atoms with Crippen LogP contribution in [0.4, 0.5) is 4.79 Å². The summed E-state index contributed by atoms with van der Waals surface area (Å²) in [5.41, 5.74) is 4.28. The summed E-state index contributed by atoms with van der Waals surface area (Å²) < 4.78 is 70.1. The second-order valence-corrected chi connectivity index (χ2v) is 19.8. The van der Waals surface area contributed by atoms with Crippen LogP contribution in [0.1, 0.15) is 61.8 Å². The van der Waals surface area contributed by atoms with E-state index in [1.54, 1.807) is 67.3 Å². The van der Waals surface area contributed by atoms with E-state index in [-0.39, 0.29) is 52.8 Å². The van der Waals surface area contributed by atoms with Gasteiger partial charge >= 0.3 is 6.09 Å². The van der Waals surface area contributed by atoms with Crippen molar-refractivity contribution in [1.29, 1.82) is 0 Å². The molecular formula is C48H54N6O8S2. The van der Waals surface area contributed by atoms with Crippen molar-refractivity contribution in [2.75, 3.05) is 40.7 Å². The Kier molecular flexibility index (Phi) is 14.2. The van der Waals surface area contributed by atoms with Crippen LogP contribution < -0.4 is 14.2 Å². The highest BCUT2D eigenvalue weighted by molar-refractivity contribution is 7.90. The predicted molar refractivity (Wildman–Crippen MR) is 245 cm³/mol. The van der Waals surface area contributed by atoms with Gasteiger partial charge in [0.1, 0.15) is 27.7 Å². The van der Waals surface area contributed by atoms with E-state index in [0.29, 0.717) is 52.6 Å². The van der Waals surface area contributed by atoms with E-state index in [2.05, 4.69) is 15.5 Å². The maximum Gasteiger partial charge on any atom is 0.410 e. The Balaban J connectivity index is 1.35. The molecule has 1 amide bonds. The third kappa shape index (κ3) is 10.6. The molecule has 0 spiro atoms. The number of amides is 1. The molecule has 1 atom stereocenters. The van der Waals surface area contributed by atoms with Crippen LogP contribution in [0.25, 0.3) is 22.5 Å². The van der Waals surface area contributed by atoms with Crippen LogP contribution in [0.3, 0.4) is 0 Å². The molecule has 7 rings (SSSR count). The first kappa shape index (κ1) is 45.9. The fourth-order valence-electron chi connectivity index (χ4n) is 7.78. The summed E-state index contributed by atoms with van der Waals surface area (Å²) in [4.78, 5) is 14.5. The summed E-state index contributed by atoms with van der Waals surface area (Å²) in [6.45, 7) is 6.90. The number of piperidine rings is 1. The molecule has 0 aliphatic carbocycles. The van der Waals surface area contributed by atoms with Crippen molar-refractivity contribution < 1.29 is 36.4 Å². The number of rotatable bonds is 15. The SMILES string of the molecule is COc1ccc(CN(Cc2ccc(OC)cc2)S(=O)(=O)c2c(S(C)=O)ccc(-c3ccc(C4CCN(C(=O)OC(C)(C)C)CC4)cc3)c2-c2nnnn2Cc2ccc(OC)cc2)cc1. The lowest BCUT2D eigenvalue weighted by Crippen LogP contribution is -2.41. The molecule has 336 valence electrons. The van der Waals surface area contributed by atoms with Gasteiger partial charge in [0.2, 0.25) is 10.0 Å². The lowest BCUT2D eigenvalue weighted by Gasteiger charge is -2.33. The zero-order valence-electron chi connectivity index (χ0n) is 37.2. The second-order valence-electron chi connectivity index (χ2n) is 16.6. The van der Waals surface area contributed by atoms with Crippen LogP contribution in [-0.4, -0.2) is 94.4 Å². The van der Waals surface area contributed by atoms with Gasteiger partial charge in [0, 0.05) is 32.4 Å². The molecule has 1 aliphatic heterocycles. The number of hydrogen-bond donors (Lipinski definition) is 0. The van der Waals surface area contributed by atoms with Crippen molar-refractivity contribution in [2.24, 2.45) is 0 Å². The summed E-state index contributed by atoms with van der Waals surface area (Å²) in [7, 11) is -1.57. The standard InChI is InChI=1S/C48H54N6O8S2/c1-48(2,3)62-47(55)52-28-26-37(27-29-52)36-14-16-38(17-15-36)42-24-25-43(63(7)56)45(44(42)46-49-50-51-54(46)32-35-12-22-41(61-6)23-13-35)64(57,58)53(30-33-8-18-39(59-4)19-9-33)31-34-10-20-40(60-5)21-11-34/h8-25,37H,26-32H2,1-7H3. The van der Waals surface area contributed by atoms with E-state index in [9.17, 15) is 9.00 Å². The number of carbonyl (C=O) groups excluding carboxylic acids is 1. The minimum atomic E-state index is -4.53. The number of aromatic nitrogens is 4. The first-order valence-corrected chi connectivity index (χ1v) is 23.9. The number of likely N-dealkylation sites (tertiary alicyclic amines) is 1. The van der Waals surface area contributed by atoms with Gasteiger partial charge in [-0.05, 0) is 126 Å². The average Bonchev–Trinajstić information content (AvgIpc) is 3.76. The van der Waals surface area contributed by atoms with Gasteiger partial charge in [-0.1, -0.05) is 66.7 Å². The summed E-state index contributed by atoms with van der Waals surface area (Å²) in [6.07, 6.45) is 2.69. The van der Waals surface area contributed by atoms with Crippen LogP contribution in [0.2, 0.25) is 0 Å². The maximum absolute atomic E-state index is 15.8. The first-order chi connectivity index (χ1) is 30.7. The molecule has 2 heterocycles. The highest BCUT2D eigenvalue weighted by atomic mass is 32.2. The molecule has 0 radical (unpaired) electrons. The maximum atomic E-state index is 15.8. The Labute approximate surface area is 377 Å². The predicted octanol–water partition coefficient (Wildman–Crippen LogP) is 8.32. The molecule has 0 bridgehead atoms. The summed E-state index contributed by atoms with van der Waals surface area (Å²) in [5.74, 6) is 2.33. The number of nitrogens with zero attached hydrogens (tertiary/aromatic N) is 6. The number of benzene rings is 5. The highest BCUT2D eigenvalue weighted by Crippen LogP contribution is 2.42. The van der Waals surface area contributed by atoms with Gasteiger partial charge in [0.15, 0.2) is 5.82 Å². The number of ether oxygens (including phenoxy) is 4. The molecule has 0 N–H and O–H groups in total. The number of tetrazole rings is 1. The third-order valence-electron chi connectivity index (χ3n) is 11.2. The van der Waals surface area contributed by atoms with Gasteiger partial charge < -0.3 is 23.8 Å². The van der Waals surface area contributed by atoms with Crippen LogP contribution in [0.5, 0.6) is 17.2 Å². The van der Waals surface area contributed by atoms with E-state index in [1.807, 2.05) is 93.6 Å². The molecule has 6 aromatic rings. The van der Waals surface area contributed by atoms with E-state index in [4.69, 9.17) is 18.9 Å². The van der Waals surface area contributed by atoms with Crippen molar-refractivity contribution >= 4 is 26.9 Å². The minimum Gasteiger partial charge on any atom is -0.497 e. The Bertz CT molecular complexity index is 2630. The van der Waals surface area contributed by atoms with E-state index in [0.717, 1.165) is 24.0 Å². The lowest BCUT2D eigenvalue weighted by molar-refractivity contribution is 0.0204. The third-order valence-corrected chi connectivity index (χ3v) is 14.1. The van der Waals surface area contributed by atoms with E-state index < -0.39 is 26.4 Å². The molecule has 64 heavy (non-hydrogen) atoms. The van der Waals surface area contributed by atoms with E-state index >= 15 is 8.42 Å². The zero-order valence-corrected chi connectivity index (χ0v) is 38.8. The molecule has 1 fully saturated rings. The van der Waals surface area contributed by atoms with Crippen LogP contribution in [0.15, 0.2) is 119 Å². The normalized spacial score (nSPS) is 14.0. The molecule has 5 aromatic carbocycles. The summed E-state index contributed by atoms with van der Waals surface area (Å²) in [5, 5.41) is 13.0. The topological polar surface area (TPSA) is 155 Å². The van der Waals surface area contributed by atoms with Gasteiger partial charge in [-0.25, -0.2) is 17.9 Å². The molecule has 14 nitrogen and oxygen atoms in total. The quantitative estimate of drug-likeness (QED) is 0.0977. The number of methoxy groups -OCH3 is 3. The Morgan fingerprint density at radius 3 is 1.75 bits per heavy atom. The van der Waals surface area contributed by atoms with Gasteiger partial charge in [-0.3, -0.25) is 4.21 Å². The fraction of sp³-hybridized carbons (Fsp3) is 0.333. The van der Waals surface area contributed by atoms with Gasteiger partial charge in [-0.2, -0.15) is 4.31 Å². The molecule has 16 heteroatoms. The number of carbonyl (C=O) groups is 1. The smallest absolute Gasteiger partial charge is 0.410 e. The first-order valence-electron chi connectivity index (χ1n) is 20.9. The Hall–Kier alpha value is -6.10. The largest absolute Gasteiger partial charge is 0.497 e. The van der Waals surface area contributed by atoms with Gasteiger partial charge in [0.05, 0.1) is 49.1 Å². The zero-order chi connectivity index (χ0) is 45.6. The van der Waals surface area contributed by atoms with Gasteiger partial charge in [0.25, 0.3) is 0 Å². The number of sulfonamides is 1. The number of hydrogen-bond acceptors (Lipinski definition) is 11. The van der Waals surface area contributed by atoms with Crippen LogP contribution >= 0.6 is 0 Å². The molecule has 1 aliphatic rings. The molecule has 1 unspecified atom stereocenters. The Morgan fingerprint density at radius 1 is 0.750 bits per heavy atom. The fourth-order valence-corrected chi connectivity index (χ4v) is 10.8. The monoisotopic (exact) mass is 906 g/mol. The van der Waals surface area contributed by atoms with Crippen molar-refractivity contribution in [3.05, 3.63) is 131 Å². The average molecular weight is 907 g/mol. The Morgan fingerprint density at radius 2 is 1.27 bits per heavy atom. The van der Waals surface area contributed by atoms with Crippen molar-refractivity contribution in [3.8, 4) is 39.8 Å². The second kappa shape index (κ2) is 19.7. The minimum absolute atomic E-state index is 0.0178. The van der Waals surface area contributed by atoms with Crippen molar-refractivity contribution in [1.82, 2.24) is 29.4 Å². The summed E-state index contributed by atoms with van der Waals surface area (Å²) in [6, 6.07) is 33.3. The van der Waals surface area contributed by atoms with Crippen molar-refractivity contribution in [3.63, 3.8) is 0 Å². The molecular weight excluding hydrogens is 853 g/mol. The lowest BCUT2D eigenvalue weighted by atomic mass is 9.88. The van der Waals surface area contributed by atoms with Crippen LogP contribution in [-0.2, 0) is 45.2 Å². The molecule has 1 saturated heterocycles. The van der Waals surface area contributed by atoms with Gasteiger partial charge in [-0.15, -0.1) is 5.10 Å². The van der Waals surface area contributed by atoms with E-state index in [1.165, 1.54) is 10.6 Å².